The van der Waals surface area contributed by atoms with Crippen LogP contribution in [0.15, 0.2) is 24.5 Å². The van der Waals surface area contributed by atoms with E-state index < -0.39 is 17.8 Å². The molecule has 0 spiro atoms. The fourth-order valence-corrected chi connectivity index (χ4v) is 3.19. The molecule has 0 radical (unpaired) electrons. The molecule has 0 saturated carbocycles. The van der Waals surface area contributed by atoms with E-state index in [2.05, 4.69) is 10.4 Å². The van der Waals surface area contributed by atoms with Crippen LogP contribution in [0, 0.1) is 17.1 Å². The third kappa shape index (κ3) is 3.20. The third-order valence-electron chi connectivity index (χ3n) is 4.46. The zero-order valence-corrected chi connectivity index (χ0v) is 13.9. The van der Waals surface area contributed by atoms with Crippen molar-refractivity contribution < 1.29 is 13.2 Å². The summed E-state index contributed by atoms with van der Waals surface area (Å²) in [7, 11) is 3.27. The van der Waals surface area contributed by atoms with Crippen molar-refractivity contribution in [1.82, 2.24) is 14.7 Å². The summed E-state index contributed by atoms with van der Waals surface area (Å²) in [6.45, 7) is 0.186. The molecule has 2 heterocycles. The van der Waals surface area contributed by atoms with E-state index in [1.165, 1.54) is 29.2 Å². The first kappa shape index (κ1) is 17.3. The van der Waals surface area contributed by atoms with E-state index in [9.17, 15) is 18.4 Å². The van der Waals surface area contributed by atoms with Crippen molar-refractivity contribution in [1.29, 1.82) is 5.26 Å². The quantitative estimate of drug-likeness (QED) is 0.925. The Morgan fingerprint density at radius 3 is 2.80 bits per heavy atom. The van der Waals surface area contributed by atoms with Crippen LogP contribution in [0.1, 0.15) is 18.0 Å². The van der Waals surface area contributed by atoms with Gasteiger partial charge in [-0.05, 0) is 25.6 Å². The lowest BCUT2D eigenvalue weighted by atomic mass is 10.0. The fraction of sp³-hybridized carbons (Fsp3) is 0.412. The molecule has 8 heteroatoms. The van der Waals surface area contributed by atoms with Crippen molar-refractivity contribution in [3.05, 3.63) is 35.9 Å². The molecule has 0 amide bonds. The molecule has 1 saturated heterocycles. The number of likely N-dealkylation sites (tertiary alicyclic amines) is 1. The summed E-state index contributed by atoms with van der Waals surface area (Å²) in [5.74, 6) is -3.53. The molecule has 1 aliphatic heterocycles. The second-order valence-electron chi connectivity index (χ2n) is 6.25. The maximum Gasteiger partial charge on any atom is 0.282 e. The first-order valence-electron chi connectivity index (χ1n) is 7.88. The predicted molar refractivity (Wildman–Crippen MR) is 88.0 cm³/mol. The molecule has 1 aromatic carbocycles. The van der Waals surface area contributed by atoms with Gasteiger partial charge in [-0.2, -0.15) is 10.4 Å². The summed E-state index contributed by atoms with van der Waals surface area (Å²) < 4.78 is 44.2. The predicted octanol–water partition coefficient (Wildman–Crippen LogP) is 3.11. The van der Waals surface area contributed by atoms with Gasteiger partial charge in [-0.25, -0.2) is 13.2 Å². The molecule has 1 aliphatic rings. The van der Waals surface area contributed by atoms with E-state index in [1.54, 1.807) is 19.0 Å². The number of nitrogens with one attached hydrogen (secondary N) is 1. The number of alkyl halides is 2. The summed E-state index contributed by atoms with van der Waals surface area (Å²) in [5, 5.41) is 16.1. The largest absolute Gasteiger partial charge is 0.388 e. The van der Waals surface area contributed by atoms with E-state index in [-0.39, 0.29) is 24.1 Å². The standard InChI is InChI=1S/C17H18F3N5/c1-22-13-5-11(7-21)16(14(18)6-13)12-8-23-25(9-12)15-3-4-24(2)10-17(15,19)20/h5-6,8-9,15,22H,3-4,10H2,1-2H3. The van der Waals surface area contributed by atoms with Gasteiger partial charge in [-0.1, -0.05) is 0 Å². The Bertz CT molecular complexity index is 824. The molecular weight excluding hydrogens is 331 g/mol. The highest BCUT2D eigenvalue weighted by Crippen LogP contribution is 2.37. The van der Waals surface area contributed by atoms with Gasteiger partial charge in [0, 0.05) is 36.6 Å². The van der Waals surface area contributed by atoms with Gasteiger partial charge in [0.05, 0.1) is 24.4 Å². The number of rotatable bonds is 3. The number of aromatic nitrogens is 2. The minimum atomic E-state index is -2.93. The molecule has 132 valence electrons. The average Bonchev–Trinajstić information content (AvgIpc) is 3.01. The van der Waals surface area contributed by atoms with Gasteiger partial charge in [0.25, 0.3) is 5.92 Å². The van der Waals surface area contributed by atoms with Gasteiger partial charge in [0.15, 0.2) is 0 Å². The van der Waals surface area contributed by atoms with E-state index in [4.69, 9.17) is 0 Å². The van der Waals surface area contributed by atoms with E-state index >= 15 is 0 Å². The van der Waals surface area contributed by atoms with Crippen molar-refractivity contribution in [2.24, 2.45) is 0 Å². The minimum Gasteiger partial charge on any atom is -0.388 e. The van der Waals surface area contributed by atoms with Crippen LogP contribution in [-0.4, -0.2) is 47.8 Å². The van der Waals surface area contributed by atoms with Crippen molar-refractivity contribution in [2.75, 3.05) is 32.5 Å². The maximum atomic E-state index is 14.4. The second kappa shape index (κ2) is 6.41. The van der Waals surface area contributed by atoms with Crippen LogP contribution in [0.25, 0.3) is 11.1 Å². The second-order valence-corrected chi connectivity index (χ2v) is 6.25. The van der Waals surface area contributed by atoms with Crippen LogP contribution in [0.2, 0.25) is 0 Å². The summed E-state index contributed by atoms with van der Waals surface area (Å²) in [6, 6.07) is 3.64. The van der Waals surface area contributed by atoms with Crippen molar-refractivity contribution in [3.63, 3.8) is 0 Å². The molecule has 1 N–H and O–H groups in total. The van der Waals surface area contributed by atoms with Gasteiger partial charge < -0.3 is 10.2 Å². The Morgan fingerprint density at radius 1 is 1.40 bits per heavy atom. The lowest BCUT2D eigenvalue weighted by Crippen LogP contribution is -2.47. The van der Waals surface area contributed by atoms with Crippen molar-refractivity contribution in [3.8, 4) is 17.2 Å². The van der Waals surface area contributed by atoms with E-state index in [1.807, 2.05) is 6.07 Å². The highest BCUT2D eigenvalue weighted by molar-refractivity contribution is 5.73. The van der Waals surface area contributed by atoms with Gasteiger partial charge in [0.1, 0.15) is 11.9 Å². The lowest BCUT2D eigenvalue weighted by molar-refractivity contribution is -0.101. The number of anilines is 1. The molecule has 1 fully saturated rings. The van der Waals surface area contributed by atoms with Gasteiger partial charge >= 0.3 is 0 Å². The van der Waals surface area contributed by atoms with Gasteiger partial charge in [0.2, 0.25) is 0 Å². The van der Waals surface area contributed by atoms with Crippen LogP contribution in [0.4, 0.5) is 18.9 Å². The molecular formula is C17H18F3N5. The number of nitrogens with zero attached hydrogens (tertiary/aromatic N) is 4. The molecule has 0 aliphatic carbocycles. The Labute approximate surface area is 143 Å². The Morgan fingerprint density at radius 2 is 2.16 bits per heavy atom. The Hall–Kier alpha value is -2.53. The number of benzene rings is 1. The Balaban J connectivity index is 1.99. The molecule has 25 heavy (non-hydrogen) atoms. The summed E-state index contributed by atoms with van der Waals surface area (Å²) >= 11 is 0. The minimum absolute atomic E-state index is 0.0731. The molecule has 5 nitrogen and oxygen atoms in total. The average molecular weight is 349 g/mol. The SMILES string of the molecule is CNc1cc(F)c(-c2cnn(C3CCN(C)CC3(F)F)c2)c(C#N)c1. The van der Waals surface area contributed by atoms with Crippen LogP contribution >= 0.6 is 0 Å². The molecule has 0 bridgehead atoms. The van der Waals surface area contributed by atoms with Crippen LogP contribution in [0.5, 0.6) is 0 Å². The number of nitriles is 1. The molecule has 1 atom stereocenters. The molecule has 1 unspecified atom stereocenters. The summed E-state index contributed by atoms with van der Waals surface area (Å²) in [5.41, 5.74) is 0.974. The number of hydrogen-bond donors (Lipinski definition) is 1. The zero-order valence-electron chi connectivity index (χ0n) is 13.9. The Kier molecular flexibility index (Phi) is 4.43. The van der Waals surface area contributed by atoms with Crippen molar-refractivity contribution >= 4 is 5.69 Å². The van der Waals surface area contributed by atoms with Crippen LogP contribution in [-0.2, 0) is 0 Å². The first-order valence-corrected chi connectivity index (χ1v) is 7.88. The smallest absolute Gasteiger partial charge is 0.282 e. The maximum absolute atomic E-state index is 14.4. The zero-order chi connectivity index (χ0) is 18.2. The van der Waals surface area contributed by atoms with Gasteiger partial charge in [-0.3, -0.25) is 4.68 Å². The molecule has 1 aromatic heterocycles. The van der Waals surface area contributed by atoms with Gasteiger partial charge in [-0.15, -0.1) is 0 Å². The number of hydrogen-bond acceptors (Lipinski definition) is 4. The summed E-state index contributed by atoms with van der Waals surface area (Å²) in [4.78, 5) is 1.57. The van der Waals surface area contributed by atoms with Crippen LogP contribution in [0.3, 0.4) is 0 Å². The monoisotopic (exact) mass is 349 g/mol. The fourth-order valence-electron chi connectivity index (χ4n) is 3.19. The number of piperidine rings is 1. The van der Waals surface area contributed by atoms with E-state index in [0.29, 0.717) is 17.8 Å². The highest BCUT2D eigenvalue weighted by atomic mass is 19.3. The topological polar surface area (TPSA) is 56.9 Å². The molecule has 3 rings (SSSR count). The lowest BCUT2D eigenvalue weighted by Gasteiger charge is -2.36. The van der Waals surface area contributed by atoms with Crippen molar-refractivity contribution in [2.45, 2.75) is 18.4 Å². The molecule has 2 aromatic rings. The normalized spacial score (nSPS) is 20.2. The van der Waals surface area contributed by atoms with Crippen LogP contribution < -0.4 is 5.32 Å². The van der Waals surface area contributed by atoms with E-state index in [0.717, 1.165) is 0 Å². The highest BCUT2D eigenvalue weighted by Gasteiger charge is 2.45. The summed E-state index contributed by atoms with van der Waals surface area (Å²) in [6.07, 6.45) is 2.96. The number of halogens is 3. The third-order valence-corrected chi connectivity index (χ3v) is 4.46. The first-order chi connectivity index (χ1) is 11.9.